The molecule has 30 heavy (non-hydrogen) atoms. The highest BCUT2D eigenvalue weighted by molar-refractivity contribution is 5.94. The molecule has 0 N–H and O–H groups in total. The predicted molar refractivity (Wildman–Crippen MR) is 104 cm³/mol. The van der Waals surface area contributed by atoms with Crippen molar-refractivity contribution in [3.8, 4) is 5.88 Å². The second-order valence-corrected chi connectivity index (χ2v) is 6.99. The van der Waals surface area contributed by atoms with E-state index in [1.54, 1.807) is 46.0 Å². The summed E-state index contributed by atoms with van der Waals surface area (Å²) in [5.41, 5.74) is 2.01. The fourth-order valence-electron chi connectivity index (χ4n) is 2.75. The van der Waals surface area contributed by atoms with Gasteiger partial charge < -0.3 is 9.64 Å². The number of hydrogen-bond donors (Lipinski definition) is 0. The maximum atomic E-state index is 12.9. The second-order valence-electron chi connectivity index (χ2n) is 6.99. The lowest BCUT2D eigenvalue weighted by Crippen LogP contribution is -2.30. The molecule has 2 rings (SSSR count). The minimum absolute atomic E-state index is 0.0307. The van der Waals surface area contributed by atoms with Crippen LogP contribution in [0.3, 0.4) is 0 Å². The van der Waals surface area contributed by atoms with Gasteiger partial charge in [0, 0.05) is 49.1 Å². The average molecular weight is 423 g/mol. The molecule has 1 atom stereocenters. The van der Waals surface area contributed by atoms with Crippen molar-refractivity contribution in [3.05, 3.63) is 53.0 Å². The van der Waals surface area contributed by atoms with Gasteiger partial charge in [-0.25, -0.2) is 4.98 Å². The number of ketones is 1. The minimum atomic E-state index is -4.45. The molecule has 0 aromatic carbocycles. The van der Waals surface area contributed by atoms with Crippen LogP contribution in [0.15, 0.2) is 30.6 Å². The van der Waals surface area contributed by atoms with E-state index in [9.17, 15) is 22.8 Å². The Balaban J connectivity index is 2.14. The van der Waals surface area contributed by atoms with Crippen molar-refractivity contribution in [2.24, 2.45) is 0 Å². The van der Waals surface area contributed by atoms with E-state index in [1.165, 1.54) is 17.3 Å². The molecule has 1 amide bonds. The number of carbonyl (C=O) groups excluding carboxylic acids is 2. The molecule has 6 nitrogen and oxygen atoms in total. The quantitative estimate of drug-likeness (QED) is 0.640. The van der Waals surface area contributed by atoms with Crippen LogP contribution in [0.2, 0.25) is 0 Å². The fourth-order valence-corrected chi connectivity index (χ4v) is 2.75. The number of aromatic nitrogens is 2. The van der Waals surface area contributed by atoms with Crippen LogP contribution < -0.4 is 4.74 Å². The van der Waals surface area contributed by atoms with Gasteiger partial charge in [-0.05, 0) is 37.6 Å². The Morgan fingerprint density at radius 1 is 1.23 bits per heavy atom. The van der Waals surface area contributed by atoms with Crippen molar-refractivity contribution in [1.29, 1.82) is 0 Å². The Bertz CT molecular complexity index is 916. The third-order valence-corrected chi connectivity index (χ3v) is 4.64. The highest BCUT2D eigenvalue weighted by Crippen LogP contribution is 2.25. The van der Waals surface area contributed by atoms with Gasteiger partial charge >= 0.3 is 6.18 Å². The van der Waals surface area contributed by atoms with Gasteiger partial charge in [0.1, 0.15) is 5.78 Å². The molecule has 2 aromatic heterocycles. The molecule has 9 heteroatoms. The first kappa shape index (κ1) is 23.3. The van der Waals surface area contributed by atoms with Gasteiger partial charge in [-0.1, -0.05) is 6.92 Å². The summed E-state index contributed by atoms with van der Waals surface area (Å²) in [5.74, 6) is -0.343. The molecule has 0 radical (unpaired) electrons. The maximum absolute atomic E-state index is 12.9. The molecular weight excluding hydrogens is 399 g/mol. The van der Waals surface area contributed by atoms with Gasteiger partial charge in [-0.2, -0.15) is 13.2 Å². The number of amides is 1. The van der Waals surface area contributed by atoms with Crippen LogP contribution in [0.5, 0.6) is 5.88 Å². The standard InChI is InChI=1S/C21H24F3N3O3/c1-5-18(28)10-17-9-15(6-7-25-17)20(29)27(4)14(3)16-8-13(2)19(26-11-16)30-12-21(22,23)24/h6-9,11,14H,5,10,12H2,1-4H3. The number of alkyl halides is 3. The lowest BCUT2D eigenvalue weighted by Gasteiger charge is -2.26. The largest absolute Gasteiger partial charge is 0.468 e. The molecular formula is C21H24F3N3O3. The van der Waals surface area contributed by atoms with Crippen LogP contribution in [0.1, 0.15) is 53.5 Å². The van der Waals surface area contributed by atoms with Gasteiger partial charge in [0.2, 0.25) is 5.88 Å². The molecule has 0 saturated heterocycles. The Morgan fingerprint density at radius 3 is 2.53 bits per heavy atom. The SMILES string of the molecule is CCC(=O)Cc1cc(C(=O)N(C)C(C)c2cnc(OCC(F)(F)F)c(C)c2)ccn1. The summed E-state index contributed by atoms with van der Waals surface area (Å²) < 4.78 is 41.7. The molecule has 0 spiro atoms. The van der Waals surface area contributed by atoms with Crippen molar-refractivity contribution in [1.82, 2.24) is 14.9 Å². The lowest BCUT2D eigenvalue weighted by molar-refractivity contribution is -0.154. The monoisotopic (exact) mass is 423 g/mol. The van der Waals surface area contributed by atoms with Crippen LogP contribution in [0.25, 0.3) is 0 Å². The zero-order valence-electron chi connectivity index (χ0n) is 17.3. The van der Waals surface area contributed by atoms with Gasteiger partial charge in [0.05, 0.1) is 6.04 Å². The van der Waals surface area contributed by atoms with Crippen molar-refractivity contribution in [3.63, 3.8) is 0 Å². The van der Waals surface area contributed by atoms with Crippen molar-refractivity contribution in [2.75, 3.05) is 13.7 Å². The highest BCUT2D eigenvalue weighted by atomic mass is 19.4. The van der Waals surface area contributed by atoms with Crippen molar-refractivity contribution >= 4 is 11.7 Å². The van der Waals surface area contributed by atoms with Crippen LogP contribution >= 0.6 is 0 Å². The zero-order chi connectivity index (χ0) is 22.5. The molecule has 1 unspecified atom stereocenters. The van der Waals surface area contributed by atoms with Crippen molar-refractivity contribution in [2.45, 2.75) is 45.8 Å². The Hall–Kier alpha value is -2.97. The van der Waals surface area contributed by atoms with E-state index in [0.717, 1.165) is 0 Å². The number of hydrogen-bond acceptors (Lipinski definition) is 5. The summed E-state index contributed by atoms with van der Waals surface area (Å²) in [6, 6.07) is 4.42. The molecule has 2 heterocycles. The first-order valence-corrected chi connectivity index (χ1v) is 9.41. The summed E-state index contributed by atoms with van der Waals surface area (Å²) in [5, 5.41) is 0. The van der Waals surface area contributed by atoms with Crippen LogP contribution in [-0.2, 0) is 11.2 Å². The first-order valence-electron chi connectivity index (χ1n) is 9.41. The van der Waals surface area contributed by atoms with Crippen molar-refractivity contribution < 1.29 is 27.5 Å². The van der Waals surface area contributed by atoms with Gasteiger partial charge in [0.15, 0.2) is 6.61 Å². The molecule has 0 aliphatic heterocycles. The smallest absolute Gasteiger partial charge is 0.422 e. The number of halogens is 3. The maximum Gasteiger partial charge on any atom is 0.422 e. The number of nitrogens with zero attached hydrogens (tertiary/aromatic N) is 3. The van der Waals surface area contributed by atoms with Crippen LogP contribution in [-0.4, -0.2) is 46.4 Å². The average Bonchev–Trinajstić information content (AvgIpc) is 2.70. The van der Waals surface area contributed by atoms with Gasteiger partial charge in [0.25, 0.3) is 5.91 Å². The van der Waals surface area contributed by atoms with E-state index in [-0.39, 0.29) is 24.0 Å². The number of pyridine rings is 2. The molecule has 0 bridgehead atoms. The third kappa shape index (κ3) is 6.27. The topological polar surface area (TPSA) is 72.4 Å². The Labute approximate surface area is 173 Å². The number of aryl methyl sites for hydroxylation is 1. The number of carbonyl (C=O) groups is 2. The summed E-state index contributed by atoms with van der Waals surface area (Å²) in [7, 11) is 1.62. The van der Waals surface area contributed by atoms with Crippen LogP contribution in [0, 0.1) is 6.92 Å². The number of Topliss-reactive ketones (excluding diaryl/α,β-unsaturated/α-hetero) is 1. The van der Waals surface area contributed by atoms with Gasteiger partial charge in [-0.3, -0.25) is 14.6 Å². The van der Waals surface area contributed by atoms with E-state index in [4.69, 9.17) is 4.74 Å². The zero-order valence-corrected chi connectivity index (χ0v) is 17.3. The summed E-state index contributed by atoms with van der Waals surface area (Å²) >= 11 is 0. The minimum Gasteiger partial charge on any atom is -0.468 e. The Morgan fingerprint density at radius 2 is 1.93 bits per heavy atom. The molecule has 162 valence electrons. The van der Waals surface area contributed by atoms with Crippen LogP contribution in [0.4, 0.5) is 13.2 Å². The number of ether oxygens (including phenoxy) is 1. The molecule has 0 fully saturated rings. The normalized spacial score (nSPS) is 12.4. The predicted octanol–water partition coefficient (Wildman–Crippen LogP) is 4.08. The second kappa shape index (κ2) is 9.69. The summed E-state index contributed by atoms with van der Waals surface area (Å²) in [6.07, 6.45) is -1.00. The van der Waals surface area contributed by atoms with E-state index < -0.39 is 18.8 Å². The van der Waals surface area contributed by atoms with Gasteiger partial charge in [-0.15, -0.1) is 0 Å². The van der Waals surface area contributed by atoms with E-state index in [0.29, 0.717) is 28.8 Å². The van der Waals surface area contributed by atoms with E-state index in [1.807, 2.05) is 0 Å². The van der Waals surface area contributed by atoms with E-state index >= 15 is 0 Å². The first-order chi connectivity index (χ1) is 14.0. The molecule has 0 aliphatic rings. The lowest BCUT2D eigenvalue weighted by atomic mass is 10.1. The summed E-state index contributed by atoms with van der Waals surface area (Å²) in [6.45, 7) is 3.73. The molecule has 0 aliphatic carbocycles. The summed E-state index contributed by atoms with van der Waals surface area (Å²) in [4.78, 5) is 34.1. The Kier molecular flexibility index (Phi) is 7.53. The third-order valence-electron chi connectivity index (χ3n) is 4.64. The molecule has 0 saturated carbocycles. The fraction of sp³-hybridized carbons (Fsp3) is 0.429. The van der Waals surface area contributed by atoms with E-state index in [2.05, 4.69) is 9.97 Å². The number of rotatable bonds is 8. The molecule has 2 aromatic rings. The highest BCUT2D eigenvalue weighted by Gasteiger charge is 2.29.